The predicted molar refractivity (Wildman–Crippen MR) is 60.3 cm³/mol. The van der Waals surface area contributed by atoms with Crippen molar-refractivity contribution in [2.24, 2.45) is 5.11 Å². The number of likely N-dealkylation sites (tertiary alicyclic amines) is 1. The number of ether oxygens (including phenoxy) is 1. The summed E-state index contributed by atoms with van der Waals surface area (Å²) in [5.74, 6) is 0. The molecular weight excluding hydrogens is 227 g/mol. The second kappa shape index (κ2) is 5.23. The molecule has 0 bridgehead atoms. The molecule has 0 unspecified atom stereocenters. The number of nitrogens with zero attached hydrogens (tertiary/aromatic N) is 4. The first-order chi connectivity index (χ1) is 7.83. The first-order valence-corrected chi connectivity index (χ1v) is 5.49. The lowest BCUT2D eigenvalue weighted by atomic mass is 10.0. The van der Waals surface area contributed by atoms with E-state index in [9.17, 15) is 9.18 Å². The fourth-order valence-corrected chi connectivity index (χ4v) is 1.58. The lowest BCUT2D eigenvalue weighted by Gasteiger charge is -2.33. The zero-order chi connectivity index (χ0) is 13.1. The summed E-state index contributed by atoms with van der Waals surface area (Å²) >= 11 is 0. The van der Waals surface area contributed by atoms with Crippen LogP contribution in [-0.4, -0.2) is 41.9 Å². The zero-order valence-electron chi connectivity index (χ0n) is 10.3. The minimum atomic E-state index is -1.33. The molecule has 1 saturated heterocycles. The van der Waals surface area contributed by atoms with Crippen LogP contribution in [0, 0.1) is 0 Å². The van der Waals surface area contributed by atoms with Crippen molar-refractivity contribution in [1.29, 1.82) is 0 Å². The number of piperidine rings is 1. The quantitative estimate of drug-likeness (QED) is 0.404. The summed E-state index contributed by atoms with van der Waals surface area (Å²) in [5, 5.41) is 3.36. The molecule has 17 heavy (non-hydrogen) atoms. The molecule has 0 aromatic heterocycles. The van der Waals surface area contributed by atoms with Crippen LogP contribution in [0.15, 0.2) is 5.11 Å². The number of alkyl halides is 1. The second-order valence-corrected chi connectivity index (χ2v) is 5.00. The third kappa shape index (κ3) is 4.11. The van der Waals surface area contributed by atoms with E-state index in [1.807, 2.05) is 0 Å². The molecule has 0 spiro atoms. The van der Waals surface area contributed by atoms with Gasteiger partial charge in [0.05, 0.1) is 12.6 Å². The molecule has 2 atom stereocenters. The molecule has 1 rings (SSSR count). The van der Waals surface area contributed by atoms with E-state index in [0.717, 1.165) is 0 Å². The first kappa shape index (κ1) is 13.6. The summed E-state index contributed by atoms with van der Waals surface area (Å²) in [4.78, 5) is 15.6. The summed E-state index contributed by atoms with van der Waals surface area (Å²) in [6, 6.07) is -0.682. The Balaban J connectivity index is 2.55. The van der Waals surface area contributed by atoms with E-state index in [1.54, 1.807) is 20.8 Å². The van der Waals surface area contributed by atoms with Gasteiger partial charge in [0.2, 0.25) is 0 Å². The Morgan fingerprint density at radius 2 is 2.24 bits per heavy atom. The highest BCUT2D eigenvalue weighted by Crippen LogP contribution is 2.19. The van der Waals surface area contributed by atoms with Crippen LogP contribution in [0.5, 0.6) is 0 Å². The number of hydrogen-bond acceptors (Lipinski definition) is 3. The summed E-state index contributed by atoms with van der Waals surface area (Å²) < 4.78 is 18.7. The van der Waals surface area contributed by atoms with Crippen LogP contribution in [0.3, 0.4) is 0 Å². The molecule has 7 heteroatoms. The van der Waals surface area contributed by atoms with Crippen LogP contribution in [0.25, 0.3) is 10.4 Å². The number of carbonyl (C=O) groups excluding carboxylic acids is 1. The van der Waals surface area contributed by atoms with Gasteiger partial charge in [-0.05, 0) is 32.7 Å². The van der Waals surface area contributed by atoms with Gasteiger partial charge in [0, 0.05) is 11.5 Å². The van der Waals surface area contributed by atoms with Gasteiger partial charge in [-0.25, -0.2) is 9.18 Å². The largest absolute Gasteiger partial charge is 0.444 e. The highest BCUT2D eigenvalue weighted by atomic mass is 19.1. The summed E-state index contributed by atoms with van der Waals surface area (Å²) in [7, 11) is 0. The van der Waals surface area contributed by atoms with Crippen molar-refractivity contribution in [1.82, 2.24) is 4.90 Å². The van der Waals surface area contributed by atoms with Crippen molar-refractivity contribution >= 4 is 6.09 Å². The van der Waals surface area contributed by atoms with Crippen molar-refractivity contribution in [3.8, 4) is 0 Å². The first-order valence-electron chi connectivity index (χ1n) is 5.49. The molecular formula is C10H17FN4O2. The topological polar surface area (TPSA) is 78.3 Å². The van der Waals surface area contributed by atoms with Gasteiger partial charge < -0.3 is 9.64 Å². The monoisotopic (exact) mass is 244 g/mol. The third-order valence-electron chi connectivity index (χ3n) is 2.36. The smallest absolute Gasteiger partial charge is 0.410 e. The summed E-state index contributed by atoms with van der Waals surface area (Å²) in [6.07, 6.45) is -1.53. The van der Waals surface area contributed by atoms with Crippen LogP contribution in [-0.2, 0) is 4.74 Å². The zero-order valence-corrected chi connectivity index (χ0v) is 10.3. The number of azide groups is 1. The van der Waals surface area contributed by atoms with Crippen molar-refractivity contribution in [3.05, 3.63) is 10.4 Å². The van der Waals surface area contributed by atoms with E-state index in [1.165, 1.54) is 4.90 Å². The fraction of sp³-hybridized carbons (Fsp3) is 0.900. The van der Waals surface area contributed by atoms with Crippen molar-refractivity contribution in [2.45, 2.75) is 45.0 Å². The van der Waals surface area contributed by atoms with Gasteiger partial charge in [-0.3, -0.25) is 0 Å². The highest BCUT2D eigenvalue weighted by molar-refractivity contribution is 5.68. The molecule has 0 aromatic rings. The summed E-state index contributed by atoms with van der Waals surface area (Å²) in [6.45, 7) is 5.53. The normalized spacial score (nSPS) is 25.1. The molecule has 0 saturated carbocycles. The minimum absolute atomic E-state index is 0.0847. The van der Waals surface area contributed by atoms with Crippen molar-refractivity contribution in [2.75, 3.05) is 13.1 Å². The number of rotatable bonds is 1. The van der Waals surface area contributed by atoms with Crippen molar-refractivity contribution < 1.29 is 13.9 Å². The van der Waals surface area contributed by atoms with Gasteiger partial charge in [-0.2, -0.15) is 0 Å². The molecule has 0 radical (unpaired) electrons. The van der Waals surface area contributed by atoms with Gasteiger partial charge in [0.25, 0.3) is 0 Å². The van der Waals surface area contributed by atoms with Crippen LogP contribution >= 0.6 is 0 Å². The maximum atomic E-state index is 13.6. The number of halogens is 1. The Morgan fingerprint density at radius 3 is 2.71 bits per heavy atom. The number of carbonyl (C=O) groups is 1. The maximum absolute atomic E-state index is 13.6. The lowest BCUT2D eigenvalue weighted by Crippen LogP contribution is -2.48. The van der Waals surface area contributed by atoms with Crippen LogP contribution in [0.2, 0.25) is 0 Å². The van der Waals surface area contributed by atoms with E-state index in [0.29, 0.717) is 13.0 Å². The molecule has 0 N–H and O–H groups in total. The molecule has 1 amide bonds. The number of hydrogen-bond donors (Lipinski definition) is 0. The van der Waals surface area contributed by atoms with Crippen LogP contribution in [0.1, 0.15) is 27.2 Å². The second-order valence-electron chi connectivity index (χ2n) is 5.00. The molecule has 0 aromatic carbocycles. The highest BCUT2D eigenvalue weighted by Gasteiger charge is 2.32. The van der Waals surface area contributed by atoms with E-state index < -0.39 is 23.9 Å². The van der Waals surface area contributed by atoms with Crippen molar-refractivity contribution in [3.63, 3.8) is 0 Å². The Bertz CT molecular complexity index is 336. The molecule has 1 aliphatic heterocycles. The molecule has 96 valence electrons. The van der Waals surface area contributed by atoms with E-state index >= 15 is 0 Å². The average molecular weight is 244 g/mol. The van der Waals surface area contributed by atoms with Gasteiger partial charge in [0.15, 0.2) is 0 Å². The van der Waals surface area contributed by atoms with E-state index in [4.69, 9.17) is 10.3 Å². The Morgan fingerprint density at radius 1 is 1.59 bits per heavy atom. The number of amides is 1. The maximum Gasteiger partial charge on any atom is 0.410 e. The molecule has 1 fully saturated rings. The van der Waals surface area contributed by atoms with Gasteiger partial charge in [-0.15, -0.1) is 0 Å². The lowest BCUT2D eigenvalue weighted by molar-refractivity contribution is 0.0116. The van der Waals surface area contributed by atoms with E-state index in [-0.39, 0.29) is 6.54 Å². The molecule has 0 aliphatic carbocycles. The van der Waals surface area contributed by atoms with E-state index in [2.05, 4.69) is 10.0 Å². The third-order valence-corrected chi connectivity index (χ3v) is 2.36. The molecule has 6 nitrogen and oxygen atoms in total. The molecule has 1 heterocycles. The SMILES string of the molecule is CC(C)(C)OC(=O)N1CC[C@H](N=[N+]=[N-])[C@H](F)C1. The summed E-state index contributed by atoms with van der Waals surface area (Å²) in [5.41, 5.74) is 7.66. The van der Waals surface area contributed by atoms with Crippen LogP contribution in [0.4, 0.5) is 9.18 Å². The predicted octanol–water partition coefficient (Wildman–Crippen LogP) is 2.64. The van der Waals surface area contributed by atoms with Gasteiger partial charge >= 0.3 is 6.09 Å². The van der Waals surface area contributed by atoms with Crippen LogP contribution < -0.4 is 0 Å². The van der Waals surface area contributed by atoms with Gasteiger partial charge in [-0.1, -0.05) is 5.11 Å². The fourth-order valence-electron chi connectivity index (χ4n) is 1.58. The van der Waals surface area contributed by atoms with Gasteiger partial charge in [0.1, 0.15) is 11.8 Å². The molecule has 1 aliphatic rings. The Hall–Kier alpha value is -1.49. The minimum Gasteiger partial charge on any atom is -0.444 e. The average Bonchev–Trinajstić information content (AvgIpc) is 2.18. The Labute approximate surface area is 99.4 Å². The Kier molecular flexibility index (Phi) is 4.17. The standard InChI is InChI=1S/C10H17FN4O2/c1-10(2,3)17-9(16)15-5-4-8(13-14-12)7(11)6-15/h7-8H,4-6H2,1-3H3/t7-,8+/m1/s1.